The average Bonchev–Trinajstić information content (AvgIpc) is 2.15. The van der Waals surface area contributed by atoms with E-state index in [0.29, 0.717) is 0 Å². The van der Waals surface area contributed by atoms with E-state index in [1.807, 2.05) is 58.0 Å². The lowest BCUT2D eigenvalue weighted by molar-refractivity contribution is 0.386. The number of hydrogen-bond donors (Lipinski definition) is 0. The minimum Gasteiger partial charge on any atom is -0.211 e. The van der Waals surface area contributed by atoms with Gasteiger partial charge in [0.2, 0.25) is 0 Å². The summed E-state index contributed by atoms with van der Waals surface area (Å²) in [5.41, 5.74) is 1.29. The third-order valence-corrected chi connectivity index (χ3v) is 2.19. The van der Waals surface area contributed by atoms with Crippen LogP contribution in [-0.4, -0.2) is 0 Å². The zero-order chi connectivity index (χ0) is 10.8. The normalized spacial score (nSPS) is 13.8. The lowest BCUT2D eigenvalue weighted by Crippen LogP contribution is -2.07. The Kier molecular flexibility index (Phi) is 3.10. The van der Waals surface area contributed by atoms with E-state index < -0.39 is 5.41 Å². The fourth-order valence-electron chi connectivity index (χ4n) is 1.38. The largest absolute Gasteiger partial charge is 0.211 e. The molecule has 0 radical (unpaired) electrons. The Morgan fingerprint density at radius 3 is 2.00 bits per heavy atom. The van der Waals surface area contributed by atoms with Crippen molar-refractivity contribution >= 4 is 5.57 Å². The molecule has 0 unspecified atom stereocenters. The molecular formula is C13H17F. The molecule has 0 amide bonds. The van der Waals surface area contributed by atoms with E-state index in [1.54, 1.807) is 0 Å². The van der Waals surface area contributed by atoms with Gasteiger partial charge in [0.05, 0.1) is 0 Å². The molecule has 0 heterocycles. The van der Waals surface area contributed by atoms with Gasteiger partial charge in [0.25, 0.3) is 0 Å². The maximum absolute atomic E-state index is 13.9. The Balaban J connectivity index is 3.12. The molecule has 0 nitrogen and oxygen atoms in total. The fraction of sp³-hybridized carbons (Fsp3) is 0.385. The number of halogens is 1. The summed E-state index contributed by atoms with van der Waals surface area (Å²) in [4.78, 5) is 0. The Labute approximate surface area is 85.5 Å². The van der Waals surface area contributed by atoms with Crippen molar-refractivity contribution < 1.29 is 4.39 Å². The van der Waals surface area contributed by atoms with Crippen LogP contribution in [-0.2, 0) is 0 Å². The average molecular weight is 192 g/mol. The van der Waals surface area contributed by atoms with Crippen molar-refractivity contribution in [2.75, 3.05) is 0 Å². The van der Waals surface area contributed by atoms with Gasteiger partial charge >= 0.3 is 0 Å². The van der Waals surface area contributed by atoms with E-state index in [0.717, 1.165) is 11.1 Å². The third-order valence-electron chi connectivity index (χ3n) is 2.19. The van der Waals surface area contributed by atoms with E-state index in [2.05, 4.69) is 0 Å². The highest BCUT2D eigenvalue weighted by Crippen LogP contribution is 2.32. The Morgan fingerprint density at radius 2 is 1.57 bits per heavy atom. The zero-order valence-electron chi connectivity index (χ0n) is 9.26. The number of allylic oxidation sites excluding steroid dienone is 2. The molecule has 1 aromatic rings. The van der Waals surface area contributed by atoms with Crippen LogP contribution in [0.15, 0.2) is 36.2 Å². The highest BCUT2D eigenvalue weighted by atomic mass is 19.1. The smallest absolute Gasteiger partial charge is 0.109 e. The molecule has 0 aliphatic heterocycles. The molecule has 0 aliphatic rings. The number of benzene rings is 1. The summed E-state index contributed by atoms with van der Waals surface area (Å²) in [5.74, 6) is -0.0382. The summed E-state index contributed by atoms with van der Waals surface area (Å²) in [6, 6.07) is 9.65. The van der Waals surface area contributed by atoms with Crippen molar-refractivity contribution in [1.82, 2.24) is 0 Å². The first kappa shape index (κ1) is 11.0. The first-order chi connectivity index (χ1) is 6.43. The van der Waals surface area contributed by atoms with Crippen molar-refractivity contribution in [2.24, 2.45) is 5.41 Å². The van der Waals surface area contributed by atoms with Gasteiger partial charge in [-0.15, -0.1) is 0 Å². The van der Waals surface area contributed by atoms with Crippen LogP contribution < -0.4 is 0 Å². The van der Waals surface area contributed by atoms with Crippen molar-refractivity contribution in [3.05, 3.63) is 41.7 Å². The Bertz CT molecular complexity index is 328. The second kappa shape index (κ2) is 3.95. The van der Waals surface area contributed by atoms with E-state index in [1.165, 1.54) is 0 Å². The molecule has 76 valence electrons. The maximum Gasteiger partial charge on any atom is 0.109 e. The van der Waals surface area contributed by atoms with Crippen LogP contribution in [0.25, 0.3) is 5.57 Å². The standard InChI is InChI=1S/C13H17F/c1-10(12(14)13(2,3)4)11-8-6-5-7-9-11/h5-9H,1-4H3/b12-10+. The van der Waals surface area contributed by atoms with E-state index in [9.17, 15) is 4.39 Å². The summed E-state index contributed by atoms with van der Waals surface area (Å²) < 4.78 is 13.9. The first-order valence-corrected chi connectivity index (χ1v) is 4.85. The van der Waals surface area contributed by atoms with Crippen LogP contribution in [0.4, 0.5) is 4.39 Å². The molecule has 0 aromatic heterocycles. The molecule has 0 spiro atoms. The maximum atomic E-state index is 13.9. The second-order valence-electron chi connectivity index (χ2n) is 4.56. The third kappa shape index (κ3) is 2.44. The SMILES string of the molecule is C/C(=C(\F)C(C)(C)C)c1ccccc1. The summed E-state index contributed by atoms with van der Waals surface area (Å²) in [6.45, 7) is 7.48. The van der Waals surface area contributed by atoms with Gasteiger partial charge in [-0.2, -0.15) is 0 Å². The predicted molar refractivity (Wildman–Crippen MR) is 59.6 cm³/mol. The van der Waals surface area contributed by atoms with E-state index >= 15 is 0 Å². The van der Waals surface area contributed by atoms with Gasteiger partial charge in [0, 0.05) is 5.41 Å². The lowest BCUT2D eigenvalue weighted by atomic mass is 9.90. The molecule has 1 heteroatoms. The van der Waals surface area contributed by atoms with Gasteiger partial charge in [-0.1, -0.05) is 51.1 Å². The van der Waals surface area contributed by atoms with Crippen LogP contribution >= 0.6 is 0 Å². The Morgan fingerprint density at radius 1 is 1.07 bits per heavy atom. The van der Waals surface area contributed by atoms with Gasteiger partial charge in [-0.25, -0.2) is 4.39 Å². The molecule has 0 aliphatic carbocycles. The van der Waals surface area contributed by atoms with Crippen LogP contribution in [0.1, 0.15) is 33.3 Å². The van der Waals surface area contributed by atoms with Crippen molar-refractivity contribution in [2.45, 2.75) is 27.7 Å². The van der Waals surface area contributed by atoms with Crippen LogP contribution in [0.2, 0.25) is 0 Å². The summed E-state index contributed by atoms with van der Waals surface area (Å²) in [6.07, 6.45) is 0. The summed E-state index contributed by atoms with van der Waals surface area (Å²) in [5, 5.41) is 0. The van der Waals surface area contributed by atoms with Gasteiger partial charge < -0.3 is 0 Å². The monoisotopic (exact) mass is 192 g/mol. The molecule has 0 N–H and O–H groups in total. The fourth-order valence-corrected chi connectivity index (χ4v) is 1.38. The van der Waals surface area contributed by atoms with Crippen molar-refractivity contribution in [1.29, 1.82) is 0 Å². The van der Waals surface area contributed by atoms with Crippen LogP contribution in [0.3, 0.4) is 0 Å². The van der Waals surface area contributed by atoms with Crippen LogP contribution in [0.5, 0.6) is 0 Å². The molecule has 0 fully saturated rings. The summed E-state index contributed by atoms with van der Waals surface area (Å²) in [7, 11) is 0. The number of rotatable bonds is 1. The molecule has 1 rings (SSSR count). The lowest BCUT2D eigenvalue weighted by Gasteiger charge is -2.18. The Hall–Kier alpha value is -1.11. The van der Waals surface area contributed by atoms with Crippen molar-refractivity contribution in [3.63, 3.8) is 0 Å². The molecule has 0 saturated carbocycles. The van der Waals surface area contributed by atoms with Gasteiger partial charge in [-0.05, 0) is 18.1 Å². The molecule has 14 heavy (non-hydrogen) atoms. The first-order valence-electron chi connectivity index (χ1n) is 4.85. The van der Waals surface area contributed by atoms with Gasteiger partial charge in [0.15, 0.2) is 0 Å². The molecule has 1 aromatic carbocycles. The summed E-state index contributed by atoms with van der Waals surface area (Å²) >= 11 is 0. The quantitative estimate of drug-likeness (QED) is 0.617. The highest BCUT2D eigenvalue weighted by molar-refractivity contribution is 5.66. The zero-order valence-corrected chi connectivity index (χ0v) is 9.26. The topological polar surface area (TPSA) is 0 Å². The minimum absolute atomic E-state index is 0.0382. The molecule has 0 atom stereocenters. The highest BCUT2D eigenvalue weighted by Gasteiger charge is 2.19. The molecule has 0 bridgehead atoms. The molecule has 0 saturated heterocycles. The predicted octanol–water partition coefficient (Wildman–Crippen LogP) is 4.43. The van der Waals surface area contributed by atoms with E-state index in [4.69, 9.17) is 0 Å². The number of hydrogen-bond acceptors (Lipinski definition) is 0. The van der Waals surface area contributed by atoms with Gasteiger partial charge in [0.1, 0.15) is 5.83 Å². The van der Waals surface area contributed by atoms with Gasteiger partial charge in [-0.3, -0.25) is 0 Å². The molecular weight excluding hydrogens is 175 g/mol. The second-order valence-corrected chi connectivity index (χ2v) is 4.56. The minimum atomic E-state index is -0.403. The van der Waals surface area contributed by atoms with Crippen molar-refractivity contribution in [3.8, 4) is 0 Å². The van der Waals surface area contributed by atoms with Crippen LogP contribution in [0, 0.1) is 5.41 Å². The van der Waals surface area contributed by atoms with E-state index in [-0.39, 0.29) is 5.83 Å².